The molecule has 2 aromatic rings. The van der Waals surface area contributed by atoms with Crippen LogP contribution in [0.3, 0.4) is 0 Å². The number of hydrogen-bond donors (Lipinski definition) is 1. The van der Waals surface area contributed by atoms with Gasteiger partial charge in [-0.3, -0.25) is 4.90 Å². The second-order valence-electron chi connectivity index (χ2n) is 5.58. The zero-order chi connectivity index (χ0) is 15.5. The first-order valence-electron chi connectivity index (χ1n) is 7.44. The summed E-state index contributed by atoms with van der Waals surface area (Å²) in [4.78, 5) is 12.8. The van der Waals surface area contributed by atoms with E-state index < -0.39 is 0 Å². The van der Waals surface area contributed by atoms with Crippen LogP contribution in [0.25, 0.3) is 0 Å². The van der Waals surface area contributed by atoms with Crippen LogP contribution in [0.15, 0.2) is 30.3 Å². The Morgan fingerprint density at radius 1 is 1.14 bits per heavy atom. The number of rotatable bonds is 3. The van der Waals surface area contributed by atoms with Crippen LogP contribution in [-0.2, 0) is 6.54 Å². The maximum absolute atomic E-state index is 13.7. The minimum absolute atomic E-state index is 0.135. The topological polar surface area (TPSA) is 58.3 Å². The summed E-state index contributed by atoms with van der Waals surface area (Å²) in [6.07, 6.45) is 0. The fourth-order valence-electron chi connectivity index (χ4n) is 2.74. The predicted octanol–water partition coefficient (Wildman–Crippen LogP) is 1.83. The third-order valence-electron chi connectivity index (χ3n) is 3.91. The Morgan fingerprint density at radius 3 is 2.55 bits per heavy atom. The standard InChI is InChI=1S/C16H20FN5/c1-12-10-15(20-16(18)19-12)22-8-6-21(7-9-22)11-13-4-2-3-5-14(13)17/h2-5,10H,6-9,11H2,1H3,(H2,18,19,20). The zero-order valence-electron chi connectivity index (χ0n) is 12.7. The summed E-state index contributed by atoms with van der Waals surface area (Å²) in [5.74, 6) is 1.04. The largest absolute Gasteiger partial charge is 0.368 e. The summed E-state index contributed by atoms with van der Waals surface area (Å²) in [6, 6.07) is 8.90. The summed E-state index contributed by atoms with van der Waals surface area (Å²) < 4.78 is 13.7. The monoisotopic (exact) mass is 301 g/mol. The number of halogens is 1. The molecule has 3 rings (SSSR count). The second kappa shape index (κ2) is 6.27. The van der Waals surface area contributed by atoms with E-state index >= 15 is 0 Å². The van der Waals surface area contributed by atoms with Crippen molar-refractivity contribution in [1.29, 1.82) is 0 Å². The van der Waals surface area contributed by atoms with Crippen LogP contribution in [0.4, 0.5) is 16.2 Å². The fourth-order valence-corrected chi connectivity index (χ4v) is 2.74. The van der Waals surface area contributed by atoms with Crippen molar-refractivity contribution in [2.45, 2.75) is 13.5 Å². The molecular weight excluding hydrogens is 281 g/mol. The van der Waals surface area contributed by atoms with Gasteiger partial charge >= 0.3 is 0 Å². The molecule has 1 aliphatic rings. The summed E-state index contributed by atoms with van der Waals surface area (Å²) >= 11 is 0. The van der Waals surface area contributed by atoms with E-state index in [1.54, 1.807) is 6.07 Å². The van der Waals surface area contributed by atoms with E-state index in [2.05, 4.69) is 19.8 Å². The molecule has 1 aliphatic heterocycles. The molecule has 1 fully saturated rings. The van der Waals surface area contributed by atoms with Crippen LogP contribution in [0.5, 0.6) is 0 Å². The lowest BCUT2D eigenvalue weighted by Gasteiger charge is -2.35. The van der Waals surface area contributed by atoms with E-state index in [0.717, 1.165) is 43.3 Å². The van der Waals surface area contributed by atoms with Crippen molar-refractivity contribution in [3.63, 3.8) is 0 Å². The number of aromatic nitrogens is 2. The average molecular weight is 301 g/mol. The van der Waals surface area contributed by atoms with Gasteiger partial charge in [-0.2, -0.15) is 4.98 Å². The lowest BCUT2D eigenvalue weighted by molar-refractivity contribution is 0.246. The normalized spacial score (nSPS) is 16.0. The van der Waals surface area contributed by atoms with Crippen LogP contribution in [0.1, 0.15) is 11.3 Å². The molecule has 2 N–H and O–H groups in total. The molecule has 0 spiro atoms. The number of nitrogen functional groups attached to an aromatic ring is 1. The molecule has 5 nitrogen and oxygen atoms in total. The molecule has 1 aromatic carbocycles. The van der Waals surface area contributed by atoms with Gasteiger partial charge in [-0.25, -0.2) is 9.37 Å². The fraction of sp³-hybridized carbons (Fsp3) is 0.375. The van der Waals surface area contributed by atoms with Crippen LogP contribution >= 0.6 is 0 Å². The molecule has 1 saturated heterocycles. The molecule has 2 heterocycles. The van der Waals surface area contributed by atoms with Gasteiger partial charge in [0, 0.05) is 50.0 Å². The van der Waals surface area contributed by atoms with E-state index in [-0.39, 0.29) is 5.82 Å². The van der Waals surface area contributed by atoms with Gasteiger partial charge in [-0.15, -0.1) is 0 Å². The summed E-state index contributed by atoms with van der Waals surface area (Å²) in [5, 5.41) is 0. The Balaban J connectivity index is 1.62. The molecule has 0 atom stereocenters. The third kappa shape index (κ3) is 3.33. The highest BCUT2D eigenvalue weighted by molar-refractivity contribution is 5.43. The van der Waals surface area contributed by atoms with Gasteiger partial charge in [-0.1, -0.05) is 18.2 Å². The van der Waals surface area contributed by atoms with Crippen molar-refractivity contribution in [3.8, 4) is 0 Å². The number of aryl methyl sites for hydroxylation is 1. The Morgan fingerprint density at radius 2 is 1.86 bits per heavy atom. The summed E-state index contributed by atoms with van der Waals surface area (Å²) in [7, 11) is 0. The Hall–Kier alpha value is -2.21. The highest BCUT2D eigenvalue weighted by Gasteiger charge is 2.19. The summed E-state index contributed by atoms with van der Waals surface area (Å²) in [5.41, 5.74) is 7.33. The van der Waals surface area contributed by atoms with Gasteiger partial charge < -0.3 is 10.6 Å². The van der Waals surface area contributed by atoms with Gasteiger partial charge in [0.2, 0.25) is 5.95 Å². The Labute approximate surface area is 129 Å². The molecule has 1 aromatic heterocycles. The predicted molar refractivity (Wildman–Crippen MR) is 85.1 cm³/mol. The van der Waals surface area contributed by atoms with Crippen LogP contribution in [0.2, 0.25) is 0 Å². The molecule has 0 unspecified atom stereocenters. The number of nitrogens with zero attached hydrogens (tertiary/aromatic N) is 4. The maximum Gasteiger partial charge on any atom is 0.222 e. The number of nitrogens with two attached hydrogens (primary N) is 1. The smallest absolute Gasteiger partial charge is 0.222 e. The van der Waals surface area contributed by atoms with Crippen molar-refractivity contribution < 1.29 is 4.39 Å². The zero-order valence-corrected chi connectivity index (χ0v) is 12.7. The molecular formula is C16H20FN5. The lowest BCUT2D eigenvalue weighted by atomic mass is 10.2. The summed E-state index contributed by atoms with van der Waals surface area (Å²) in [6.45, 7) is 6.00. The first-order valence-corrected chi connectivity index (χ1v) is 7.44. The van der Waals surface area contributed by atoms with Crippen molar-refractivity contribution in [1.82, 2.24) is 14.9 Å². The minimum Gasteiger partial charge on any atom is -0.368 e. The van der Waals surface area contributed by atoms with E-state index in [0.29, 0.717) is 12.5 Å². The van der Waals surface area contributed by atoms with E-state index in [1.165, 1.54) is 6.07 Å². The van der Waals surface area contributed by atoms with Crippen LogP contribution in [-0.4, -0.2) is 41.0 Å². The van der Waals surface area contributed by atoms with Gasteiger partial charge in [0.05, 0.1) is 0 Å². The Bertz CT molecular complexity index is 632. The van der Waals surface area contributed by atoms with Crippen molar-refractivity contribution in [3.05, 3.63) is 47.4 Å². The van der Waals surface area contributed by atoms with Crippen molar-refractivity contribution >= 4 is 11.8 Å². The third-order valence-corrected chi connectivity index (χ3v) is 3.91. The molecule has 0 amide bonds. The van der Waals surface area contributed by atoms with Crippen molar-refractivity contribution in [2.24, 2.45) is 0 Å². The SMILES string of the molecule is Cc1cc(N2CCN(Cc3ccccc3F)CC2)nc(N)n1. The lowest BCUT2D eigenvalue weighted by Crippen LogP contribution is -2.46. The second-order valence-corrected chi connectivity index (χ2v) is 5.58. The molecule has 116 valence electrons. The van der Waals surface area contributed by atoms with Gasteiger partial charge in [-0.05, 0) is 13.0 Å². The first-order chi connectivity index (χ1) is 10.6. The van der Waals surface area contributed by atoms with Gasteiger partial charge in [0.1, 0.15) is 11.6 Å². The van der Waals surface area contributed by atoms with Crippen LogP contribution in [0, 0.1) is 12.7 Å². The highest BCUT2D eigenvalue weighted by Crippen LogP contribution is 2.17. The van der Waals surface area contributed by atoms with E-state index in [1.807, 2.05) is 25.1 Å². The first kappa shape index (κ1) is 14.7. The number of anilines is 2. The minimum atomic E-state index is -0.135. The van der Waals surface area contributed by atoms with Crippen LogP contribution < -0.4 is 10.6 Å². The number of piperazine rings is 1. The van der Waals surface area contributed by atoms with Gasteiger partial charge in [0.25, 0.3) is 0 Å². The molecule has 0 aliphatic carbocycles. The van der Waals surface area contributed by atoms with E-state index in [4.69, 9.17) is 5.73 Å². The molecule has 0 radical (unpaired) electrons. The number of hydrogen-bond acceptors (Lipinski definition) is 5. The molecule has 0 bridgehead atoms. The highest BCUT2D eigenvalue weighted by atomic mass is 19.1. The number of benzene rings is 1. The van der Waals surface area contributed by atoms with Gasteiger partial charge in [0.15, 0.2) is 0 Å². The maximum atomic E-state index is 13.7. The van der Waals surface area contributed by atoms with Crippen molar-refractivity contribution in [2.75, 3.05) is 36.8 Å². The quantitative estimate of drug-likeness (QED) is 0.937. The Kier molecular flexibility index (Phi) is 4.20. The molecule has 0 saturated carbocycles. The molecule has 6 heteroatoms. The van der Waals surface area contributed by atoms with E-state index in [9.17, 15) is 4.39 Å². The average Bonchev–Trinajstić information content (AvgIpc) is 2.49. The molecule has 22 heavy (non-hydrogen) atoms.